The van der Waals surface area contributed by atoms with Crippen LogP contribution in [0, 0.1) is 5.82 Å². The first-order valence-electron chi connectivity index (χ1n) is 7.85. The molecule has 0 N–H and O–H groups in total. The maximum Gasteiger partial charge on any atom is 0.276 e. The fraction of sp³-hybridized carbons (Fsp3) is 0.158. The van der Waals surface area contributed by atoms with Gasteiger partial charge in [-0.05, 0) is 42.7 Å². The van der Waals surface area contributed by atoms with Crippen molar-refractivity contribution in [2.75, 3.05) is 25.3 Å². The molecule has 0 unspecified atom stereocenters. The van der Waals surface area contributed by atoms with Crippen LogP contribution in [-0.2, 0) is 0 Å². The van der Waals surface area contributed by atoms with Gasteiger partial charge in [-0.1, -0.05) is 23.9 Å². The van der Waals surface area contributed by atoms with Crippen LogP contribution in [0.25, 0.3) is 5.69 Å². The zero-order valence-corrected chi connectivity index (χ0v) is 15.5. The van der Waals surface area contributed by atoms with Gasteiger partial charge >= 0.3 is 0 Å². The lowest BCUT2D eigenvalue weighted by atomic mass is 10.2. The molecule has 0 atom stereocenters. The minimum atomic E-state index is -0.335. The molecule has 134 valence electrons. The van der Waals surface area contributed by atoms with Crippen molar-refractivity contribution in [3.8, 4) is 11.4 Å². The number of para-hydroxylation sites is 2. The first-order valence-corrected chi connectivity index (χ1v) is 9.08. The Morgan fingerprint density at radius 2 is 1.88 bits per heavy atom. The van der Waals surface area contributed by atoms with Crippen LogP contribution in [0.2, 0.25) is 0 Å². The second kappa shape index (κ2) is 7.61. The third kappa shape index (κ3) is 3.30. The number of benzene rings is 2. The van der Waals surface area contributed by atoms with Crippen LogP contribution in [0.4, 0.5) is 10.1 Å². The van der Waals surface area contributed by atoms with Gasteiger partial charge in [0.15, 0.2) is 5.16 Å². The maximum atomic E-state index is 13.3. The predicted molar refractivity (Wildman–Crippen MR) is 101 cm³/mol. The number of amides is 1. The van der Waals surface area contributed by atoms with E-state index in [2.05, 4.69) is 4.98 Å². The molecule has 0 fully saturated rings. The van der Waals surface area contributed by atoms with Crippen molar-refractivity contribution in [2.24, 2.45) is 0 Å². The van der Waals surface area contributed by atoms with Gasteiger partial charge in [0.2, 0.25) is 0 Å². The first-order chi connectivity index (χ1) is 12.6. The van der Waals surface area contributed by atoms with Crippen LogP contribution in [0.3, 0.4) is 0 Å². The van der Waals surface area contributed by atoms with Crippen molar-refractivity contribution in [3.63, 3.8) is 0 Å². The third-order valence-corrected chi connectivity index (χ3v) is 4.62. The third-order valence-electron chi connectivity index (χ3n) is 3.97. The van der Waals surface area contributed by atoms with Gasteiger partial charge in [-0.15, -0.1) is 0 Å². The number of anilines is 1. The van der Waals surface area contributed by atoms with Gasteiger partial charge < -0.3 is 9.64 Å². The maximum absolute atomic E-state index is 13.3. The summed E-state index contributed by atoms with van der Waals surface area (Å²) >= 11 is 1.41. The van der Waals surface area contributed by atoms with E-state index in [4.69, 9.17) is 4.74 Å². The highest BCUT2D eigenvalue weighted by atomic mass is 32.2. The molecule has 1 aromatic heterocycles. The van der Waals surface area contributed by atoms with E-state index in [-0.39, 0.29) is 11.7 Å². The van der Waals surface area contributed by atoms with E-state index in [0.29, 0.717) is 28.0 Å². The van der Waals surface area contributed by atoms with Gasteiger partial charge in [0, 0.05) is 12.7 Å². The lowest BCUT2D eigenvalue weighted by Gasteiger charge is -2.20. The zero-order chi connectivity index (χ0) is 18.7. The number of methoxy groups -OCH3 is 1. The number of hydrogen-bond acceptors (Lipinski definition) is 4. The Morgan fingerprint density at radius 1 is 1.19 bits per heavy atom. The van der Waals surface area contributed by atoms with Crippen molar-refractivity contribution >= 4 is 23.4 Å². The second-order valence-corrected chi connectivity index (χ2v) is 6.25. The fourth-order valence-electron chi connectivity index (χ4n) is 2.66. The lowest BCUT2D eigenvalue weighted by Crippen LogP contribution is -2.28. The SMILES string of the molecule is COc1ccccc1N(C)C(=O)c1cnc(SC)n1-c1ccc(F)cc1. The Balaban J connectivity index is 2.05. The smallest absolute Gasteiger partial charge is 0.276 e. The lowest BCUT2D eigenvalue weighted by molar-refractivity contribution is 0.0985. The number of nitrogens with zero attached hydrogens (tertiary/aromatic N) is 3. The standard InChI is InChI=1S/C19H18FN3O2S/c1-22(15-6-4-5-7-17(15)25-2)18(24)16-12-21-19(26-3)23(16)14-10-8-13(20)9-11-14/h4-12H,1-3H3. The van der Waals surface area contributed by atoms with E-state index < -0.39 is 0 Å². The molecule has 7 heteroatoms. The molecule has 0 saturated carbocycles. The van der Waals surface area contributed by atoms with E-state index in [1.807, 2.05) is 24.5 Å². The minimum absolute atomic E-state index is 0.244. The fourth-order valence-corrected chi connectivity index (χ4v) is 3.20. The number of imidazole rings is 1. The van der Waals surface area contributed by atoms with E-state index in [9.17, 15) is 9.18 Å². The van der Waals surface area contributed by atoms with Crippen LogP contribution in [0.1, 0.15) is 10.5 Å². The molecule has 3 aromatic rings. The number of ether oxygens (including phenoxy) is 1. The number of halogens is 1. The summed E-state index contributed by atoms with van der Waals surface area (Å²) < 4.78 is 20.3. The molecule has 0 radical (unpaired) electrons. The summed E-state index contributed by atoms with van der Waals surface area (Å²) in [5.41, 5.74) is 1.71. The largest absolute Gasteiger partial charge is 0.495 e. The average molecular weight is 371 g/mol. The Kier molecular flexibility index (Phi) is 5.27. The predicted octanol–water partition coefficient (Wildman–Crippen LogP) is 4.02. The molecule has 0 bridgehead atoms. The molecule has 3 rings (SSSR count). The van der Waals surface area contributed by atoms with Crippen LogP contribution in [-0.4, -0.2) is 35.9 Å². The van der Waals surface area contributed by atoms with Crippen molar-refractivity contribution in [3.05, 3.63) is 66.2 Å². The Hall–Kier alpha value is -2.80. The molecule has 5 nitrogen and oxygen atoms in total. The molecule has 26 heavy (non-hydrogen) atoms. The number of aromatic nitrogens is 2. The van der Waals surface area contributed by atoms with Gasteiger partial charge in [0.25, 0.3) is 5.91 Å². The molecular formula is C19H18FN3O2S. The number of hydrogen-bond donors (Lipinski definition) is 0. The quantitative estimate of drug-likeness (QED) is 0.636. The molecule has 0 aliphatic heterocycles. The molecule has 0 saturated heterocycles. The molecule has 2 aromatic carbocycles. The van der Waals surface area contributed by atoms with Gasteiger partial charge in [0.05, 0.1) is 19.0 Å². The van der Waals surface area contributed by atoms with E-state index >= 15 is 0 Å². The normalized spacial score (nSPS) is 10.6. The van der Waals surface area contributed by atoms with Crippen molar-refractivity contribution < 1.29 is 13.9 Å². The summed E-state index contributed by atoms with van der Waals surface area (Å²) in [6.45, 7) is 0. The Bertz CT molecular complexity index is 925. The Labute approximate surface area is 155 Å². The number of thioether (sulfide) groups is 1. The second-order valence-electron chi connectivity index (χ2n) is 5.48. The van der Waals surface area contributed by atoms with Crippen LogP contribution in [0.5, 0.6) is 5.75 Å². The topological polar surface area (TPSA) is 47.4 Å². The monoisotopic (exact) mass is 371 g/mol. The molecule has 0 aliphatic rings. The summed E-state index contributed by atoms with van der Waals surface area (Å²) in [6, 6.07) is 13.2. The molecule has 0 spiro atoms. The van der Waals surface area contributed by atoms with Crippen LogP contribution < -0.4 is 9.64 Å². The highest BCUT2D eigenvalue weighted by molar-refractivity contribution is 7.98. The summed E-state index contributed by atoms with van der Waals surface area (Å²) in [6.07, 6.45) is 3.41. The van der Waals surface area contributed by atoms with E-state index in [1.54, 1.807) is 36.9 Å². The molecule has 1 amide bonds. The average Bonchev–Trinajstić information content (AvgIpc) is 3.11. The highest BCUT2D eigenvalue weighted by Crippen LogP contribution is 2.29. The zero-order valence-electron chi connectivity index (χ0n) is 14.6. The van der Waals surface area contributed by atoms with Crippen molar-refractivity contribution in [1.29, 1.82) is 0 Å². The summed E-state index contributed by atoms with van der Waals surface area (Å²) in [5, 5.41) is 0.647. The minimum Gasteiger partial charge on any atom is -0.495 e. The first kappa shape index (κ1) is 18.0. The van der Waals surface area contributed by atoms with E-state index in [0.717, 1.165) is 0 Å². The Morgan fingerprint density at radius 3 is 2.54 bits per heavy atom. The van der Waals surface area contributed by atoms with Gasteiger partial charge in [0.1, 0.15) is 17.3 Å². The van der Waals surface area contributed by atoms with E-state index in [1.165, 1.54) is 35.0 Å². The highest BCUT2D eigenvalue weighted by Gasteiger charge is 2.23. The van der Waals surface area contributed by atoms with Gasteiger partial charge in [-0.3, -0.25) is 9.36 Å². The summed E-state index contributed by atoms with van der Waals surface area (Å²) in [5.74, 6) is 0.0199. The van der Waals surface area contributed by atoms with Crippen LogP contribution >= 0.6 is 11.8 Å². The molecular weight excluding hydrogens is 353 g/mol. The molecule has 1 heterocycles. The number of rotatable bonds is 5. The summed E-state index contributed by atoms with van der Waals surface area (Å²) in [7, 11) is 3.24. The number of carbonyl (C=O) groups is 1. The van der Waals surface area contributed by atoms with Crippen molar-refractivity contribution in [1.82, 2.24) is 9.55 Å². The van der Waals surface area contributed by atoms with Crippen LogP contribution in [0.15, 0.2) is 59.9 Å². The summed E-state index contributed by atoms with van der Waals surface area (Å²) in [4.78, 5) is 19.0. The molecule has 0 aliphatic carbocycles. The van der Waals surface area contributed by atoms with Crippen molar-refractivity contribution in [2.45, 2.75) is 5.16 Å². The number of carbonyl (C=O) groups excluding carboxylic acids is 1. The van der Waals surface area contributed by atoms with Gasteiger partial charge in [-0.2, -0.15) is 0 Å². The van der Waals surface area contributed by atoms with Gasteiger partial charge in [-0.25, -0.2) is 9.37 Å².